The fourth-order valence-electron chi connectivity index (χ4n) is 1.77. The Morgan fingerprint density at radius 3 is 2.35 bits per heavy atom. The second kappa shape index (κ2) is 6.97. The lowest BCUT2D eigenvalue weighted by Crippen LogP contribution is -2.50. The molecule has 0 aromatic carbocycles. The highest BCUT2D eigenvalue weighted by Gasteiger charge is 2.32. The molecule has 0 aromatic heterocycles. The van der Waals surface area contributed by atoms with E-state index in [1.165, 1.54) is 7.11 Å². The lowest BCUT2D eigenvalue weighted by molar-refractivity contribution is -0.147. The smallest absolute Gasteiger partial charge is 0.325 e. The van der Waals surface area contributed by atoms with Gasteiger partial charge in [0.25, 0.3) is 0 Å². The number of hydrogen-bond donors (Lipinski definition) is 1. The lowest BCUT2D eigenvalue weighted by Gasteiger charge is -2.31. The summed E-state index contributed by atoms with van der Waals surface area (Å²) in [7, 11) is 3.45. The molecule has 2 unspecified atom stereocenters. The number of carbonyl (C=O) groups excluding carboxylic acids is 1. The van der Waals surface area contributed by atoms with E-state index in [0.29, 0.717) is 12.3 Å². The fourth-order valence-corrected chi connectivity index (χ4v) is 1.77. The van der Waals surface area contributed by atoms with Gasteiger partial charge in [0.1, 0.15) is 5.54 Å². The highest BCUT2D eigenvalue weighted by molar-refractivity contribution is 5.79. The highest BCUT2D eigenvalue weighted by atomic mass is 16.5. The van der Waals surface area contributed by atoms with Gasteiger partial charge in [-0.15, -0.1) is 0 Å². The van der Waals surface area contributed by atoms with Crippen molar-refractivity contribution in [3.8, 4) is 0 Å². The Hall–Kier alpha value is -0.610. The van der Waals surface area contributed by atoms with Crippen LogP contribution >= 0.6 is 0 Å². The van der Waals surface area contributed by atoms with Gasteiger partial charge in [-0.05, 0) is 46.2 Å². The van der Waals surface area contributed by atoms with Crippen molar-refractivity contribution >= 4 is 5.97 Å². The van der Waals surface area contributed by atoms with Crippen molar-refractivity contribution in [2.24, 2.45) is 11.7 Å². The van der Waals surface area contributed by atoms with Crippen molar-refractivity contribution in [2.45, 2.75) is 52.1 Å². The molecule has 0 bridgehead atoms. The van der Waals surface area contributed by atoms with E-state index < -0.39 is 5.54 Å². The van der Waals surface area contributed by atoms with Gasteiger partial charge in [-0.1, -0.05) is 13.8 Å². The van der Waals surface area contributed by atoms with Crippen LogP contribution in [-0.4, -0.2) is 43.2 Å². The summed E-state index contributed by atoms with van der Waals surface area (Å²) in [4.78, 5) is 13.7. The molecule has 0 rings (SSSR count). The minimum Gasteiger partial charge on any atom is -0.468 e. The summed E-state index contributed by atoms with van der Waals surface area (Å²) in [6.45, 7) is 9.26. The molecule has 17 heavy (non-hydrogen) atoms. The van der Waals surface area contributed by atoms with Crippen LogP contribution in [0.1, 0.15) is 40.5 Å². The Bertz CT molecular complexity index is 240. The second-order valence-corrected chi connectivity index (χ2v) is 5.63. The molecule has 102 valence electrons. The Kier molecular flexibility index (Phi) is 6.72. The maximum atomic E-state index is 11.5. The van der Waals surface area contributed by atoms with Crippen LogP contribution in [0.5, 0.6) is 0 Å². The molecule has 0 heterocycles. The molecule has 0 aliphatic heterocycles. The van der Waals surface area contributed by atoms with Gasteiger partial charge in [-0.2, -0.15) is 0 Å². The standard InChI is InChI=1S/C13H28N2O2/c1-10(2)7-8-15(5)11(3)9-13(4,14)12(16)17-6/h10-11H,7-9,14H2,1-6H3. The number of ether oxygens (including phenoxy) is 1. The average molecular weight is 244 g/mol. The summed E-state index contributed by atoms with van der Waals surface area (Å²) in [5.41, 5.74) is 5.06. The molecular formula is C13H28N2O2. The van der Waals surface area contributed by atoms with Gasteiger partial charge in [-0.25, -0.2) is 0 Å². The van der Waals surface area contributed by atoms with E-state index in [9.17, 15) is 4.79 Å². The van der Waals surface area contributed by atoms with Crippen LogP contribution in [0.2, 0.25) is 0 Å². The highest BCUT2D eigenvalue weighted by Crippen LogP contribution is 2.15. The van der Waals surface area contributed by atoms with E-state index in [1.807, 2.05) is 0 Å². The van der Waals surface area contributed by atoms with E-state index in [2.05, 4.69) is 32.7 Å². The molecule has 4 heteroatoms. The number of carbonyl (C=O) groups is 1. The van der Waals surface area contributed by atoms with Crippen LogP contribution in [0.4, 0.5) is 0 Å². The van der Waals surface area contributed by atoms with Gasteiger partial charge in [0.2, 0.25) is 0 Å². The van der Waals surface area contributed by atoms with E-state index in [0.717, 1.165) is 13.0 Å². The van der Waals surface area contributed by atoms with Crippen LogP contribution < -0.4 is 5.73 Å². The molecule has 0 spiro atoms. The number of nitrogens with zero attached hydrogens (tertiary/aromatic N) is 1. The van der Waals surface area contributed by atoms with Crippen molar-refractivity contribution in [3.05, 3.63) is 0 Å². The Morgan fingerprint density at radius 2 is 1.94 bits per heavy atom. The SMILES string of the molecule is COC(=O)C(C)(N)CC(C)N(C)CCC(C)C. The summed E-state index contributed by atoms with van der Waals surface area (Å²) in [6, 6.07) is 0.267. The van der Waals surface area contributed by atoms with Crippen LogP contribution in [0.15, 0.2) is 0 Å². The Labute approximate surface area is 105 Å². The van der Waals surface area contributed by atoms with Crippen molar-refractivity contribution < 1.29 is 9.53 Å². The van der Waals surface area contributed by atoms with Gasteiger partial charge in [0.05, 0.1) is 7.11 Å². The third kappa shape index (κ3) is 6.03. The summed E-state index contributed by atoms with van der Waals surface area (Å²) >= 11 is 0. The normalized spacial score (nSPS) is 17.0. The van der Waals surface area contributed by atoms with E-state index in [1.54, 1.807) is 6.92 Å². The molecule has 0 aliphatic rings. The minimum atomic E-state index is -0.903. The maximum absolute atomic E-state index is 11.5. The van der Waals surface area contributed by atoms with Crippen LogP contribution in [-0.2, 0) is 9.53 Å². The molecule has 2 N–H and O–H groups in total. The number of nitrogens with two attached hydrogens (primary N) is 1. The number of hydrogen-bond acceptors (Lipinski definition) is 4. The first-order chi connectivity index (χ1) is 7.70. The van der Waals surface area contributed by atoms with Crippen molar-refractivity contribution in [2.75, 3.05) is 20.7 Å². The summed E-state index contributed by atoms with van der Waals surface area (Å²) in [5, 5.41) is 0. The average Bonchev–Trinajstić information content (AvgIpc) is 2.23. The van der Waals surface area contributed by atoms with Crippen molar-refractivity contribution in [1.29, 1.82) is 0 Å². The van der Waals surface area contributed by atoms with Gasteiger partial charge in [0, 0.05) is 6.04 Å². The zero-order valence-corrected chi connectivity index (χ0v) is 12.1. The third-order valence-electron chi connectivity index (χ3n) is 3.18. The summed E-state index contributed by atoms with van der Waals surface area (Å²) < 4.78 is 4.71. The number of esters is 1. The zero-order chi connectivity index (χ0) is 13.6. The van der Waals surface area contributed by atoms with Crippen molar-refractivity contribution in [1.82, 2.24) is 4.90 Å². The Balaban J connectivity index is 4.23. The zero-order valence-electron chi connectivity index (χ0n) is 12.1. The molecular weight excluding hydrogens is 216 g/mol. The van der Waals surface area contributed by atoms with Gasteiger partial charge >= 0.3 is 5.97 Å². The molecule has 4 nitrogen and oxygen atoms in total. The monoisotopic (exact) mass is 244 g/mol. The van der Waals surface area contributed by atoms with Crippen LogP contribution in [0.25, 0.3) is 0 Å². The molecule has 0 radical (unpaired) electrons. The topological polar surface area (TPSA) is 55.6 Å². The molecule has 0 aliphatic carbocycles. The molecule has 0 saturated heterocycles. The number of rotatable bonds is 7. The first-order valence-electron chi connectivity index (χ1n) is 6.28. The number of methoxy groups -OCH3 is 1. The summed E-state index contributed by atoms with van der Waals surface area (Å²) in [6.07, 6.45) is 1.76. The predicted octanol–water partition coefficient (Wildman–Crippen LogP) is 1.63. The molecule has 2 atom stereocenters. The molecule has 0 fully saturated rings. The Morgan fingerprint density at radius 1 is 1.41 bits per heavy atom. The first-order valence-corrected chi connectivity index (χ1v) is 6.28. The molecule has 0 amide bonds. The first kappa shape index (κ1) is 16.4. The van der Waals surface area contributed by atoms with E-state index in [-0.39, 0.29) is 12.0 Å². The molecule has 0 saturated carbocycles. The maximum Gasteiger partial charge on any atom is 0.325 e. The van der Waals surface area contributed by atoms with Gasteiger partial charge in [0.15, 0.2) is 0 Å². The minimum absolute atomic E-state index is 0.267. The quantitative estimate of drug-likeness (QED) is 0.692. The second-order valence-electron chi connectivity index (χ2n) is 5.63. The van der Waals surface area contributed by atoms with Crippen LogP contribution in [0, 0.1) is 5.92 Å². The summed E-state index contributed by atoms with van der Waals surface area (Å²) in [5.74, 6) is 0.344. The largest absolute Gasteiger partial charge is 0.468 e. The van der Waals surface area contributed by atoms with E-state index >= 15 is 0 Å². The lowest BCUT2D eigenvalue weighted by atomic mass is 9.94. The van der Waals surface area contributed by atoms with E-state index in [4.69, 9.17) is 10.5 Å². The van der Waals surface area contributed by atoms with Gasteiger partial charge in [-0.3, -0.25) is 4.79 Å². The fraction of sp³-hybridized carbons (Fsp3) is 0.923. The predicted molar refractivity (Wildman–Crippen MR) is 70.8 cm³/mol. The van der Waals surface area contributed by atoms with Crippen LogP contribution in [0.3, 0.4) is 0 Å². The van der Waals surface area contributed by atoms with Crippen molar-refractivity contribution in [3.63, 3.8) is 0 Å². The third-order valence-corrected chi connectivity index (χ3v) is 3.18. The van der Waals surface area contributed by atoms with Gasteiger partial charge < -0.3 is 15.4 Å². The molecule has 0 aromatic rings.